The Balaban J connectivity index is 2.04. The van der Waals surface area contributed by atoms with Crippen molar-refractivity contribution in [3.63, 3.8) is 0 Å². The minimum atomic E-state index is -0.844. The van der Waals surface area contributed by atoms with Gasteiger partial charge < -0.3 is 15.0 Å². The number of benzene rings is 3. The van der Waals surface area contributed by atoms with E-state index in [0.717, 1.165) is 11.1 Å². The van der Waals surface area contributed by atoms with Crippen LogP contribution in [0.2, 0.25) is 0 Å². The molecule has 0 spiro atoms. The summed E-state index contributed by atoms with van der Waals surface area (Å²) in [4.78, 5) is 40.0. The van der Waals surface area contributed by atoms with E-state index in [1.807, 2.05) is 69.3 Å². The summed E-state index contributed by atoms with van der Waals surface area (Å²) < 4.78 is 5.35. The van der Waals surface area contributed by atoms with Gasteiger partial charge in [0.15, 0.2) is 0 Å². The molecule has 3 aromatic rings. The van der Waals surface area contributed by atoms with Gasteiger partial charge >= 0.3 is 0 Å². The van der Waals surface area contributed by atoms with Gasteiger partial charge in [0, 0.05) is 30.1 Å². The smallest absolute Gasteiger partial charge is 0.273 e. The van der Waals surface area contributed by atoms with Crippen LogP contribution in [0.5, 0.6) is 5.75 Å². The molecule has 0 aliphatic rings. The lowest BCUT2D eigenvalue weighted by Gasteiger charge is -2.34. The molecule has 37 heavy (non-hydrogen) atoms. The summed E-state index contributed by atoms with van der Waals surface area (Å²) >= 11 is 0. The number of methoxy groups -OCH3 is 1. The number of nitro groups is 1. The number of nitrogens with one attached hydrogen (secondary N) is 1. The molecule has 194 valence electrons. The highest BCUT2D eigenvalue weighted by Gasteiger charge is 2.33. The number of hydrogen-bond donors (Lipinski definition) is 1. The maximum Gasteiger partial charge on any atom is 0.273 e. The second-order valence-electron chi connectivity index (χ2n) is 9.88. The van der Waals surface area contributed by atoms with E-state index < -0.39 is 16.5 Å². The molecule has 0 radical (unpaired) electrons. The zero-order chi connectivity index (χ0) is 27.0. The summed E-state index contributed by atoms with van der Waals surface area (Å²) in [6, 6.07) is 22.1. The molecule has 3 aromatic carbocycles. The number of ether oxygens (including phenoxy) is 1. The molecule has 3 rings (SSSR count). The van der Waals surface area contributed by atoms with Crippen LogP contribution in [0.4, 0.5) is 5.69 Å². The molecular formula is C29H33N3O5. The van der Waals surface area contributed by atoms with Crippen molar-refractivity contribution in [2.45, 2.75) is 51.7 Å². The fraction of sp³-hybridized carbons (Fsp3) is 0.310. The largest absolute Gasteiger partial charge is 0.497 e. The van der Waals surface area contributed by atoms with Crippen LogP contribution in [0.25, 0.3) is 0 Å². The molecule has 1 unspecified atom stereocenters. The monoisotopic (exact) mass is 503 g/mol. The van der Waals surface area contributed by atoms with Crippen LogP contribution < -0.4 is 10.1 Å². The zero-order valence-electron chi connectivity index (χ0n) is 21.6. The van der Waals surface area contributed by atoms with Gasteiger partial charge in [-0.3, -0.25) is 19.7 Å². The van der Waals surface area contributed by atoms with Crippen LogP contribution >= 0.6 is 0 Å². The van der Waals surface area contributed by atoms with E-state index >= 15 is 0 Å². The Morgan fingerprint density at radius 3 is 2.27 bits per heavy atom. The molecule has 0 aliphatic carbocycles. The van der Waals surface area contributed by atoms with Gasteiger partial charge in [-0.2, -0.15) is 0 Å². The van der Waals surface area contributed by atoms with Crippen molar-refractivity contribution < 1.29 is 19.2 Å². The first-order valence-corrected chi connectivity index (χ1v) is 12.1. The second-order valence-corrected chi connectivity index (χ2v) is 9.88. The normalized spacial score (nSPS) is 11.9. The number of para-hydroxylation sites is 1. The quantitative estimate of drug-likeness (QED) is 0.319. The Labute approximate surface area is 217 Å². The van der Waals surface area contributed by atoms with E-state index in [9.17, 15) is 19.7 Å². The fourth-order valence-corrected chi connectivity index (χ4v) is 4.08. The van der Waals surface area contributed by atoms with Crippen molar-refractivity contribution in [1.29, 1.82) is 0 Å². The number of nitro benzene ring substituents is 1. The molecule has 2 amide bonds. The Morgan fingerprint density at radius 2 is 1.62 bits per heavy atom. The highest BCUT2D eigenvalue weighted by Crippen LogP contribution is 2.23. The third kappa shape index (κ3) is 7.90. The SMILES string of the molecule is COc1cccc(CN(C(=O)Cc2ccccc2[N+](=O)[O-])C(Cc2ccccc2)C(=O)NC(C)(C)C)c1. The number of hydrogen-bond acceptors (Lipinski definition) is 5. The molecule has 1 atom stereocenters. The maximum absolute atomic E-state index is 13.8. The van der Waals surface area contributed by atoms with E-state index in [0.29, 0.717) is 11.3 Å². The van der Waals surface area contributed by atoms with Crippen molar-refractivity contribution in [3.8, 4) is 5.75 Å². The second kappa shape index (κ2) is 12.2. The summed E-state index contributed by atoms with van der Waals surface area (Å²) in [6.07, 6.45) is 0.0740. The van der Waals surface area contributed by atoms with E-state index in [-0.39, 0.29) is 36.9 Å². The summed E-state index contributed by atoms with van der Waals surface area (Å²) in [5.41, 5.74) is 1.32. The zero-order valence-corrected chi connectivity index (χ0v) is 21.6. The first-order valence-electron chi connectivity index (χ1n) is 12.1. The van der Waals surface area contributed by atoms with E-state index in [1.54, 1.807) is 31.4 Å². The maximum atomic E-state index is 13.8. The molecule has 0 heterocycles. The number of rotatable bonds is 10. The first kappa shape index (κ1) is 27.4. The van der Waals surface area contributed by atoms with Crippen molar-refractivity contribution in [3.05, 3.63) is 106 Å². The molecule has 0 bridgehead atoms. The van der Waals surface area contributed by atoms with Gasteiger partial charge in [-0.25, -0.2) is 0 Å². The average Bonchev–Trinajstić information content (AvgIpc) is 2.86. The number of carbonyl (C=O) groups is 2. The molecule has 0 saturated heterocycles. The van der Waals surface area contributed by atoms with Crippen LogP contribution in [-0.4, -0.2) is 40.3 Å². The van der Waals surface area contributed by atoms with Crippen molar-refractivity contribution in [2.24, 2.45) is 0 Å². The highest BCUT2D eigenvalue weighted by molar-refractivity contribution is 5.89. The lowest BCUT2D eigenvalue weighted by atomic mass is 9.99. The van der Waals surface area contributed by atoms with Crippen LogP contribution in [0, 0.1) is 10.1 Å². The highest BCUT2D eigenvalue weighted by atomic mass is 16.6. The summed E-state index contributed by atoms with van der Waals surface area (Å²) in [6.45, 7) is 5.77. The molecule has 8 nitrogen and oxygen atoms in total. The predicted octanol–water partition coefficient (Wildman–Crippen LogP) is 4.70. The van der Waals surface area contributed by atoms with Gasteiger partial charge in [0.05, 0.1) is 18.5 Å². The predicted molar refractivity (Wildman–Crippen MR) is 142 cm³/mol. The van der Waals surface area contributed by atoms with Crippen molar-refractivity contribution in [2.75, 3.05) is 7.11 Å². The van der Waals surface area contributed by atoms with Crippen LogP contribution in [0.1, 0.15) is 37.5 Å². The Hall–Kier alpha value is -4.20. The number of amides is 2. The molecule has 0 saturated carbocycles. The summed E-state index contributed by atoms with van der Waals surface area (Å²) in [7, 11) is 1.56. The van der Waals surface area contributed by atoms with E-state index in [4.69, 9.17) is 4.74 Å². The molecule has 0 aliphatic heterocycles. The Morgan fingerprint density at radius 1 is 0.973 bits per heavy atom. The first-order chi connectivity index (χ1) is 17.6. The van der Waals surface area contributed by atoms with Gasteiger partial charge in [0.2, 0.25) is 11.8 Å². The summed E-state index contributed by atoms with van der Waals surface area (Å²) in [5, 5.41) is 14.6. The molecule has 8 heteroatoms. The lowest BCUT2D eigenvalue weighted by Crippen LogP contribution is -2.54. The molecule has 1 N–H and O–H groups in total. The van der Waals surface area contributed by atoms with Crippen LogP contribution in [0.15, 0.2) is 78.9 Å². The van der Waals surface area contributed by atoms with Gasteiger partial charge in [0.25, 0.3) is 5.69 Å². The standard InChI is InChI=1S/C29H33N3O5/c1-29(2,3)30-28(34)26(18-21-11-6-5-7-12-21)31(20-22-13-10-15-24(17-22)37-4)27(33)19-23-14-8-9-16-25(23)32(35)36/h5-17,26H,18-20H2,1-4H3,(H,30,34). The van der Waals surface area contributed by atoms with E-state index in [1.165, 1.54) is 11.0 Å². The Kier molecular flexibility index (Phi) is 9.00. The van der Waals surface area contributed by atoms with Crippen molar-refractivity contribution >= 4 is 17.5 Å². The minimum absolute atomic E-state index is 0.129. The summed E-state index contributed by atoms with van der Waals surface area (Å²) in [5.74, 6) is -0.0559. The van der Waals surface area contributed by atoms with Gasteiger partial charge in [-0.1, -0.05) is 60.7 Å². The third-order valence-electron chi connectivity index (χ3n) is 5.79. The average molecular weight is 504 g/mol. The molecule has 0 aromatic heterocycles. The van der Waals surface area contributed by atoms with E-state index in [2.05, 4.69) is 5.32 Å². The topological polar surface area (TPSA) is 102 Å². The molecular weight excluding hydrogens is 470 g/mol. The van der Waals surface area contributed by atoms with Gasteiger partial charge in [-0.15, -0.1) is 0 Å². The Bertz CT molecular complexity index is 1240. The minimum Gasteiger partial charge on any atom is -0.497 e. The van der Waals surface area contributed by atoms with Gasteiger partial charge in [-0.05, 0) is 44.0 Å². The fourth-order valence-electron chi connectivity index (χ4n) is 4.08. The molecule has 0 fully saturated rings. The lowest BCUT2D eigenvalue weighted by molar-refractivity contribution is -0.385. The van der Waals surface area contributed by atoms with Crippen molar-refractivity contribution in [1.82, 2.24) is 10.2 Å². The third-order valence-corrected chi connectivity index (χ3v) is 5.79. The van der Waals surface area contributed by atoms with Gasteiger partial charge in [0.1, 0.15) is 11.8 Å². The number of nitrogens with zero attached hydrogens (tertiary/aromatic N) is 2. The van der Waals surface area contributed by atoms with Crippen LogP contribution in [0.3, 0.4) is 0 Å². The number of carbonyl (C=O) groups excluding carboxylic acids is 2. The van der Waals surface area contributed by atoms with Crippen LogP contribution in [-0.2, 0) is 29.0 Å².